The predicted octanol–water partition coefficient (Wildman–Crippen LogP) is 3.27. The molecular formula is C20H24N2O3S. The normalized spacial score (nSPS) is 14.8. The second-order valence-corrected chi connectivity index (χ2v) is 8.63. The molecule has 2 aromatic carbocycles. The van der Waals surface area contributed by atoms with Crippen LogP contribution in [0.1, 0.15) is 41.8 Å². The molecule has 3 rings (SSSR count). The highest BCUT2D eigenvalue weighted by Crippen LogP contribution is 2.33. The number of benzene rings is 2. The number of aryl methyl sites for hydroxylation is 1. The van der Waals surface area contributed by atoms with E-state index in [0.29, 0.717) is 24.2 Å². The maximum Gasteiger partial charge on any atom is 0.264 e. The molecular weight excluding hydrogens is 348 g/mol. The molecule has 0 radical (unpaired) electrons. The van der Waals surface area contributed by atoms with Crippen LogP contribution in [0.15, 0.2) is 47.4 Å². The van der Waals surface area contributed by atoms with Crippen molar-refractivity contribution in [3.8, 4) is 0 Å². The lowest BCUT2D eigenvalue weighted by Crippen LogP contribution is -2.32. The predicted molar refractivity (Wildman–Crippen MR) is 103 cm³/mol. The van der Waals surface area contributed by atoms with Gasteiger partial charge in [-0.3, -0.25) is 9.10 Å². The van der Waals surface area contributed by atoms with E-state index in [4.69, 9.17) is 0 Å². The van der Waals surface area contributed by atoms with Gasteiger partial charge >= 0.3 is 0 Å². The number of hydrogen-bond donors (Lipinski definition) is 1. The molecule has 0 bridgehead atoms. The fraction of sp³-hybridized carbons (Fsp3) is 0.350. The Bertz CT molecular complexity index is 921. The number of hydrogen-bond acceptors (Lipinski definition) is 3. The van der Waals surface area contributed by atoms with Crippen molar-refractivity contribution in [1.82, 2.24) is 5.32 Å². The summed E-state index contributed by atoms with van der Waals surface area (Å²) in [6, 6.07) is 12.2. The molecule has 1 aliphatic heterocycles. The molecule has 1 N–H and O–H groups in total. The van der Waals surface area contributed by atoms with Gasteiger partial charge in [-0.15, -0.1) is 0 Å². The second-order valence-electron chi connectivity index (χ2n) is 6.77. The number of sulfonamides is 1. The minimum absolute atomic E-state index is 0.106. The summed E-state index contributed by atoms with van der Waals surface area (Å²) in [5.74, 6) is -0.123. The van der Waals surface area contributed by atoms with Crippen LogP contribution in [-0.4, -0.2) is 26.9 Å². The molecule has 0 saturated heterocycles. The minimum atomic E-state index is -3.59. The van der Waals surface area contributed by atoms with E-state index in [0.717, 1.165) is 17.5 Å². The van der Waals surface area contributed by atoms with Gasteiger partial charge < -0.3 is 5.32 Å². The van der Waals surface area contributed by atoms with Crippen LogP contribution < -0.4 is 9.62 Å². The van der Waals surface area contributed by atoms with E-state index in [-0.39, 0.29) is 16.8 Å². The highest BCUT2D eigenvalue weighted by molar-refractivity contribution is 7.92. The number of carbonyl (C=O) groups is 1. The van der Waals surface area contributed by atoms with Gasteiger partial charge in [0, 0.05) is 18.2 Å². The van der Waals surface area contributed by atoms with Gasteiger partial charge in [0.1, 0.15) is 0 Å². The molecule has 0 saturated carbocycles. The van der Waals surface area contributed by atoms with Gasteiger partial charge in [-0.25, -0.2) is 8.42 Å². The number of fused-ring (bicyclic) bond motifs is 1. The Morgan fingerprint density at radius 1 is 1.19 bits per heavy atom. The van der Waals surface area contributed by atoms with Gasteiger partial charge in [0.2, 0.25) is 0 Å². The molecule has 1 amide bonds. The zero-order chi connectivity index (χ0) is 18.9. The maximum absolute atomic E-state index is 13.0. The Kier molecular flexibility index (Phi) is 5.05. The van der Waals surface area contributed by atoms with Crippen LogP contribution in [0.3, 0.4) is 0 Å². The van der Waals surface area contributed by atoms with Crippen LogP contribution in [0.5, 0.6) is 0 Å². The smallest absolute Gasteiger partial charge is 0.264 e. The molecule has 1 heterocycles. The van der Waals surface area contributed by atoms with E-state index < -0.39 is 10.0 Å². The molecule has 26 heavy (non-hydrogen) atoms. The van der Waals surface area contributed by atoms with Gasteiger partial charge in [0.25, 0.3) is 15.9 Å². The van der Waals surface area contributed by atoms with Crippen molar-refractivity contribution in [2.45, 2.75) is 44.6 Å². The molecule has 0 unspecified atom stereocenters. The molecule has 0 fully saturated rings. The first-order valence-corrected chi connectivity index (χ1v) is 10.3. The highest BCUT2D eigenvalue weighted by atomic mass is 32.2. The Labute approximate surface area is 155 Å². The van der Waals surface area contributed by atoms with E-state index in [1.807, 2.05) is 20.8 Å². The van der Waals surface area contributed by atoms with Crippen molar-refractivity contribution in [2.24, 2.45) is 0 Å². The number of amides is 1. The standard InChI is InChI=1S/C20H24N2O3S/c1-4-15(3)21-20(23)17-7-10-19-16(13-17)11-12-22(19)26(24,25)18-8-5-14(2)6-9-18/h5-10,13,15H,4,11-12H2,1-3H3,(H,21,23)/t15-/m1/s1. The highest BCUT2D eigenvalue weighted by Gasteiger charge is 2.31. The minimum Gasteiger partial charge on any atom is -0.350 e. The van der Waals surface area contributed by atoms with Crippen molar-refractivity contribution in [1.29, 1.82) is 0 Å². The average Bonchev–Trinajstić information content (AvgIpc) is 3.05. The zero-order valence-corrected chi connectivity index (χ0v) is 16.1. The van der Waals surface area contributed by atoms with Gasteiger partial charge in [-0.05, 0) is 62.6 Å². The van der Waals surface area contributed by atoms with E-state index >= 15 is 0 Å². The van der Waals surface area contributed by atoms with Crippen LogP contribution in [0, 0.1) is 6.92 Å². The molecule has 1 atom stereocenters. The Morgan fingerprint density at radius 2 is 1.88 bits per heavy atom. The largest absolute Gasteiger partial charge is 0.350 e. The summed E-state index contributed by atoms with van der Waals surface area (Å²) in [7, 11) is -3.59. The van der Waals surface area contributed by atoms with Crippen LogP contribution in [-0.2, 0) is 16.4 Å². The summed E-state index contributed by atoms with van der Waals surface area (Å²) in [5, 5.41) is 2.94. The summed E-state index contributed by atoms with van der Waals surface area (Å²) in [5.41, 5.74) is 3.13. The van der Waals surface area contributed by atoms with Crippen LogP contribution in [0.2, 0.25) is 0 Å². The first-order chi connectivity index (χ1) is 12.3. The molecule has 138 valence electrons. The number of anilines is 1. The fourth-order valence-electron chi connectivity index (χ4n) is 3.01. The topological polar surface area (TPSA) is 66.5 Å². The quantitative estimate of drug-likeness (QED) is 0.876. The molecule has 5 nitrogen and oxygen atoms in total. The van der Waals surface area contributed by atoms with Crippen LogP contribution in [0.25, 0.3) is 0 Å². The Hall–Kier alpha value is -2.34. The lowest BCUT2D eigenvalue weighted by Gasteiger charge is -2.20. The van der Waals surface area contributed by atoms with Gasteiger partial charge in [-0.1, -0.05) is 24.6 Å². The van der Waals surface area contributed by atoms with Crippen molar-refractivity contribution in [2.75, 3.05) is 10.8 Å². The van der Waals surface area contributed by atoms with Crippen LogP contribution in [0.4, 0.5) is 5.69 Å². The third-order valence-electron chi connectivity index (χ3n) is 4.79. The molecule has 0 aliphatic carbocycles. The van der Waals surface area contributed by atoms with Gasteiger partial charge in [0.15, 0.2) is 0 Å². The number of nitrogens with one attached hydrogen (secondary N) is 1. The van der Waals surface area contributed by atoms with E-state index in [9.17, 15) is 13.2 Å². The lowest BCUT2D eigenvalue weighted by molar-refractivity contribution is 0.0939. The molecule has 0 aromatic heterocycles. The third-order valence-corrected chi connectivity index (χ3v) is 6.62. The summed E-state index contributed by atoms with van der Waals surface area (Å²) < 4.78 is 27.4. The summed E-state index contributed by atoms with van der Waals surface area (Å²) in [4.78, 5) is 12.6. The Morgan fingerprint density at radius 3 is 2.54 bits per heavy atom. The molecule has 0 spiro atoms. The molecule has 1 aliphatic rings. The van der Waals surface area contributed by atoms with Crippen LogP contribution >= 0.6 is 0 Å². The second kappa shape index (κ2) is 7.11. The van der Waals surface area contributed by atoms with Crippen molar-refractivity contribution >= 4 is 21.6 Å². The average molecular weight is 372 g/mol. The number of carbonyl (C=O) groups excluding carboxylic acids is 1. The number of nitrogens with zero attached hydrogens (tertiary/aromatic N) is 1. The van der Waals surface area contributed by atoms with Crippen molar-refractivity contribution in [3.05, 3.63) is 59.2 Å². The lowest BCUT2D eigenvalue weighted by atomic mass is 10.1. The SMILES string of the molecule is CC[C@@H](C)NC(=O)c1ccc2c(c1)CCN2S(=O)(=O)c1ccc(C)cc1. The Balaban J connectivity index is 1.88. The number of rotatable bonds is 5. The zero-order valence-electron chi connectivity index (χ0n) is 15.3. The fourth-order valence-corrected chi connectivity index (χ4v) is 4.51. The van der Waals surface area contributed by atoms with E-state index in [1.54, 1.807) is 42.5 Å². The summed E-state index contributed by atoms with van der Waals surface area (Å²) in [6.07, 6.45) is 1.46. The van der Waals surface area contributed by atoms with E-state index in [1.165, 1.54) is 4.31 Å². The monoisotopic (exact) mass is 372 g/mol. The first-order valence-electron chi connectivity index (χ1n) is 8.86. The van der Waals surface area contributed by atoms with Crippen molar-refractivity contribution < 1.29 is 13.2 Å². The third kappa shape index (κ3) is 3.46. The van der Waals surface area contributed by atoms with E-state index in [2.05, 4.69) is 5.32 Å². The first kappa shape index (κ1) is 18.5. The van der Waals surface area contributed by atoms with Gasteiger partial charge in [-0.2, -0.15) is 0 Å². The molecule has 6 heteroatoms. The summed E-state index contributed by atoms with van der Waals surface area (Å²) in [6.45, 7) is 6.29. The van der Waals surface area contributed by atoms with Crippen molar-refractivity contribution in [3.63, 3.8) is 0 Å². The maximum atomic E-state index is 13.0. The molecule has 2 aromatic rings. The summed E-state index contributed by atoms with van der Waals surface area (Å²) >= 11 is 0. The van der Waals surface area contributed by atoms with Gasteiger partial charge in [0.05, 0.1) is 10.6 Å².